The predicted molar refractivity (Wildman–Crippen MR) is 98.7 cm³/mol. The Balaban J connectivity index is 1.56. The second-order valence-electron chi connectivity index (χ2n) is 5.87. The summed E-state index contributed by atoms with van der Waals surface area (Å²) < 4.78 is 1.88. The molecule has 2 aromatic carbocycles. The van der Waals surface area contributed by atoms with Gasteiger partial charge >= 0.3 is 0 Å². The Bertz CT molecular complexity index is 949. The van der Waals surface area contributed by atoms with E-state index in [-0.39, 0.29) is 0 Å². The molecule has 2 aromatic heterocycles. The summed E-state index contributed by atoms with van der Waals surface area (Å²) in [6, 6.07) is 18.7. The van der Waals surface area contributed by atoms with Crippen molar-refractivity contribution in [1.29, 1.82) is 0 Å². The van der Waals surface area contributed by atoms with Gasteiger partial charge in [-0.2, -0.15) is 5.10 Å². The van der Waals surface area contributed by atoms with E-state index in [9.17, 15) is 0 Å². The number of rotatable bonds is 4. The fourth-order valence-corrected chi connectivity index (χ4v) is 3.44. The maximum atomic E-state index is 4.71. The molecule has 0 atom stereocenters. The first-order valence-corrected chi connectivity index (χ1v) is 8.88. The van der Waals surface area contributed by atoms with Crippen molar-refractivity contribution in [2.75, 3.05) is 0 Å². The highest BCUT2D eigenvalue weighted by Gasteiger charge is 2.10. The molecule has 2 heterocycles. The second-order valence-corrected chi connectivity index (χ2v) is 6.92. The van der Waals surface area contributed by atoms with E-state index in [1.165, 1.54) is 10.5 Å². The number of para-hydroxylation sites is 2. The normalized spacial score (nSPS) is 11.2. The van der Waals surface area contributed by atoms with Crippen LogP contribution in [0.3, 0.4) is 0 Å². The smallest absolute Gasteiger partial charge is 0.229 e. The molecule has 0 radical (unpaired) electrons. The summed E-state index contributed by atoms with van der Waals surface area (Å²) in [7, 11) is 0. The first-order valence-electron chi connectivity index (χ1n) is 7.89. The number of hydrogen-bond acceptors (Lipinski definition) is 3. The minimum Gasteiger partial charge on any atom is -0.322 e. The Morgan fingerprint density at radius 1 is 1.04 bits per heavy atom. The molecule has 0 fully saturated rings. The lowest BCUT2D eigenvalue weighted by atomic mass is 10.2. The molecule has 24 heavy (non-hydrogen) atoms. The molecule has 0 aliphatic rings. The van der Waals surface area contributed by atoms with Crippen molar-refractivity contribution >= 4 is 22.8 Å². The molecular weight excluding hydrogens is 316 g/mol. The quantitative estimate of drug-likeness (QED) is 0.552. The minimum absolute atomic E-state index is 0.764. The van der Waals surface area contributed by atoms with Gasteiger partial charge in [0.1, 0.15) is 0 Å². The van der Waals surface area contributed by atoms with E-state index in [4.69, 9.17) is 5.10 Å². The SMILES string of the molecule is Cc1ccc(SCc2cc(C)n(-c3nc4ccccc4[nH]3)n2)cc1. The van der Waals surface area contributed by atoms with Gasteiger partial charge in [-0.3, -0.25) is 0 Å². The lowest BCUT2D eigenvalue weighted by molar-refractivity contribution is 0.789. The predicted octanol–water partition coefficient (Wildman–Crippen LogP) is 4.66. The summed E-state index contributed by atoms with van der Waals surface area (Å²) in [5.41, 5.74) is 5.40. The van der Waals surface area contributed by atoms with Crippen LogP contribution in [0.15, 0.2) is 59.5 Å². The molecule has 0 unspecified atom stereocenters. The number of imidazole rings is 1. The first-order chi connectivity index (χ1) is 11.7. The number of aromatic amines is 1. The highest BCUT2D eigenvalue weighted by Crippen LogP contribution is 2.23. The van der Waals surface area contributed by atoms with Crippen LogP contribution in [-0.2, 0) is 5.75 Å². The molecule has 4 rings (SSSR count). The van der Waals surface area contributed by atoms with Gasteiger partial charge in [-0.15, -0.1) is 11.8 Å². The number of aromatic nitrogens is 4. The third-order valence-corrected chi connectivity index (χ3v) is 4.97. The van der Waals surface area contributed by atoms with Gasteiger partial charge in [0.25, 0.3) is 0 Å². The number of H-pyrrole nitrogens is 1. The van der Waals surface area contributed by atoms with Gasteiger partial charge in [-0.25, -0.2) is 9.67 Å². The number of benzene rings is 2. The van der Waals surface area contributed by atoms with Gasteiger partial charge < -0.3 is 4.98 Å². The highest BCUT2D eigenvalue weighted by molar-refractivity contribution is 7.98. The minimum atomic E-state index is 0.764. The number of aryl methyl sites for hydroxylation is 2. The van der Waals surface area contributed by atoms with Crippen LogP contribution >= 0.6 is 11.8 Å². The zero-order valence-corrected chi connectivity index (χ0v) is 14.5. The van der Waals surface area contributed by atoms with Gasteiger partial charge in [0, 0.05) is 16.3 Å². The average Bonchev–Trinajstić information content (AvgIpc) is 3.17. The molecule has 0 amide bonds. The average molecular weight is 334 g/mol. The summed E-state index contributed by atoms with van der Waals surface area (Å²) in [6.07, 6.45) is 0. The summed E-state index contributed by atoms with van der Waals surface area (Å²) in [5.74, 6) is 1.61. The maximum absolute atomic E-state index is 4.71. The molecular formula is C19H18N4S. The molecule has 1 N–H and O–H groups in total. The zero-order valence-electron chi connectivity index (χ0n) is 13.7. The van der Waals surface area contributed by atoms with Crippen LogP contribution in [0.4, 0.5) is 0 Å². The van der Waals surface area contributed by atoms with Gasteiger partial charge in [0.15, 0.2) is 0 Å². The van der Waals surface area contributed by atoms with E-state index < -0.39 is 0 Å². The Hall–Kier alpha value is -2.53. The van der Waals surface area contributed by atoms with Crippen LogP contribution in [0.1, 0.15) is 17.0 Å². The van der Waals surface area contributed by atoms with Gasteiger partial charge in [-0.1, -0.05) is 29.8 Å². The van der Waals surface area contributed by atoms with Crippen LogP contribution < -0.4 is 0 Å². The topological polar surface area (TPSA) is 46.5 Å². The summed E-state index contributed by atoms with van der Waals surface area (Å²) >= 11 is 1.80. The van der Waals surface area contributed by atoms with Crippen LogP contribution in [0.2, 0.25) is 0 Å². The molecule has 0 aliphatic heterocycles. The van der Waals surface area contributed by atoms with Gasteiger partial charge in [-0.05, 0) is 44.2 Å². The number of nitrogens with one attached hydrogen (secondary N) is 1. The summed E-state index contributed by atoms with van der Waals surface area (Å²) in [5, 5.41) is 4.71. The van der Waals surface area contributed by atoms with Crippen molar-refractivity contribution in [1.82, 2.24) is 19.7 Å². The summed E-state index contributed by atoms with van der Waals surface area (Å²) in [6.45, 7) is 4.16. The second kappa shape index (κ2) is 6.17. The standard InChI is InChI=1S/C19H18N4S/c1-13-7-9-16(10-8-13)24-12-15-11-14(2)23(22-15)19-20-17-5-3-4-6-18(17)21-19/h3-11H,12H2,1-2H3,(H,20,21). The molecule has 0 spiro atoms. The summed E-state index contributed by atoms with van der Waals surface area (Å²) in [4.78, 5) is 9.21. The van der Waals surface area contributed by atoms with Crippen molar-refractivity contribution < 1.29 is 0 Å². The highest BCUT2D eigenvalue weighted by atomic mass is 32.2. The van der Waals surface area contributed by atoms with E-state index in [1.54, 1.807) is 11.8 Å². The van der Waals surface area contributed by atoms with Crippen molar-refractivity contribution in [3.63, 3.8) is 0 Å². The van der Waals surface area contributed by atoms with Crippen molar-refractivity contribution in [3.8, 4) is 5.95 Å². The molecule has 0 saturated carbocycles. The maximum Gasteiger partial charge on any atom is 0.229 e. The van der Waals surface area contributed by atoms with Crippen molar-refractivity contribution in [3.05, 3.63) is 71.5 Å². The van der Waals surface area contributed by atoms with Crippen molar-refractivity contribution in [2.24, 2.45) is 0 Å². The zero-order chi connectivity index (χ0) is 16.5. The van der Waals surface area contributed by atoms with Gasteiger partial charge in [0.2, 0.25) is 5.95 Å². The van der Waals surface area contributed by atoms with E-state index in [2.05, 4.69) is 54.1 Å². The Kier molecular flexibility index (Phi) is 3.86. The number of fused-ring (bicyclic) bond motifs is 1. The molecule has 0 saturated heterocycles. The number of nitrogens with zero attached hydrogens (tertiary/aromatic N) is 3. The fourth-order valence-electron chi connectivity index (χ4n) is 2.65. The fraction of sp³-hybridized carbons (Fsp3) is 0.158. The largest absolute Gasteiger partial charge is 0.322 e. The van der Waals surface area contributed by atoms with Crippen LogP contribution in [0.25, 0.3) is 17.0 Å². The Morgan fingerprint density at radius 3 is 2.62 bits per heavy atom. The number of thioether (sulfide) groups is 1. The molecule has 5 heteroatoms. The van der Waals surface area contributed by atoms with Crippen LogP contribution in [0, 0.1) is 13.8 Å². The molecule has 0 aliphatic carbocycles. The van der Waals surface area contributed by atoms with Crippen LogP contribution in [0.5, 0.6) is 0 Å². The molecule has 4 nitrogen and oxygen atoms in total. The first kappa shape index (κ1) is 15.0. The molecule has 4 aromatic rings. The Morgan fingerprint density at radius 2 is 1.83 bits per heavy atom. The van der Waals surface area contributed by atoms with E-state index >= 15 is 0 Å². The van der Waals surface area contributed by atoms with Crippen LogP contribution in [-0.4, -0.2) is 19.7 Å². The Labute approximate surface area is 144 Å². The van der Waals surface area contributed by atoms with E-state index in [0.29, 0.717) is 0 Å². The van der Waals surface area contributed by atoms with Crippen molar-refractivity contribution in [2.45, 2.75) is 24.5 Å². The lowest BCUT2D eigenvalue weighted by Gasteiger charge is -2.00. The number of hydrogen-bond donors (Lipinski definition) is 1. The van der Waals surface area contributed by atoms with Gasteiger partial charge in [0.05, 0.1) is 16.7 Å². The molecule has 120 valence electrons. The third-order valence-electron chi connectivity index (χ3n) is 3.92. The molecule has 0 bridgehead atoms. The monoisotopic (exact) mass is 334 g/mol. The lowest BCUT2D eigenvalue weighted by Crippen LogP contribution is -2.01. The van der Waals surface area contributed by atoms with E-state index in [0.717, 1.165) is 34.1 Å². The van der Waals surface area contributed by atoms with E-state index in [1.807, 2.05) is 28.9 Å². The third kappa shape index (κ3) is 2.95.